The van der Waals surface area contributed by atoms with Crippen molar-refractivity contribution < 1.29 is 9.18 Å². The minimum atomic E-state index is -0.459. The summed E-state index contributed by atoms with van der Waals surface area (Å²) in [6.45, 7) is 5.49. The number of benzene rings is 1. The number of nitrogens with zero attached hydrogens (tertiary/aromatic N) is 1. The Morgan fingerprint density at radius 2 is 2.00 bits per heavy atom. The van der Waals surface area contributed by atoms with Crippen LogP contribution in [0.5, 0.6) is 0 Å². The predicted molar refractivity (Wildman–Crippen MR) is 68.0 cm³/mol. The lowest BCUT2D eigenvalue weighted by molar-refractivity contribution is 0.0659. The molecule has 1 amide bonds. The number of carbonyl (C=O) groups excluding carboxylic acids is 1. The molecule has 1 aromatic rings. The Morgan fingerprint density at radius 1 is 1.41 bits per heavy atom. The largest absolute Gasteiger partial charge is 0.335 e. The molecule has 0 saturated carbocycles. The highest BCUT2D eigenvalue weighted by Gasteiger charge is 2.27. The molecule has 4 heteroatoms. The molecule has 0 aromatic heterocycles. The van der Waals surface area contributed by atoms with Gasteiger partial charge in [-0.1, -0.05) is 0 Å². The summed E-state index contributed by atoms with van der Waals surface area (Å²) in [7, 11) is 1.67. The first kappa shape index (κ1) is 14.0. The van der Waals surface area contributed by atoms with E-state index < -0.39 is 11.4 Å². The standard InChI is InChI=1S/C13H17ClFNO/c1-9-5-10(7-11(15)6-9)12(17)16(4)13(2,3)8-14/h5-7H,8H2,1-4H3. The number of halogens is 2. The number of alkyl halides is 1. The number of carbonyl (C=O) groups is 1. The van der Waals surface area contributed by atoms with Crippen LogP contribution in [0.2, 0.25) is 0 Å². The fourth-order valence-electron chi connectivity index (χ4n) is 1.42. The molecule has 0 aliphatic carbocycles. The second-order valence-corrected chi connectivity index (χ2v) is 5.09. The SMILES string of the molecule is Cc1cc(F)cc(C(=O)N(C)C(C)(C)CCl)c1. The highest BCUT2D eigenvalue weighted by atomic mass is 35.5. The van der Waals surface area contributed by atoms with Crippen molar-refractivity contribution in [2.75, 3.05) is 12.9 Å². The van der Waals surface area contributed by atoms with Crippen molar-refractivity contribution in [3.63, 3.8) is 0 Å². The smallest absolute Gasteiger partial charge is 0.254 e. The van der Waals surface area contributed by atoms with E-state index >= 15 is 0 Å². The molecule has 0 unspecified atom stereocenters. The van der Waals surface area contributed by atoms with Crippen LogP contribution in [0.1, 0.15) is 29.8 Å². The average molecular weight is 258 g/mol. The third-order valence-electron chi connectivity index (χ3n) is 2.83. The first-order chi connectivity index (χ1) is 7.77. The molecule has 0 heterocycles. The molecule has 1 rings (SSSR count). The van der Waals surface area contributed by atoms with Crippen LogP contribution < -0.4 is 0 Å². The highest BCUT2D eigenvalue weighted by molar-refractivity contribution is 6.18. The fraction of sp³-hybridized carbons (Fsp3) is 0.462. The average Bonchev–Trinajstić information content (AvgIpc) is 2.25. The summed E-state index contributed by atoms with van der Waals surface area (Å²) in [5.74, 6) is -0.299. The number of hydrogen-bond donors (Lipinski definition) is 0. The van der Waals surface area contributed by atoms with Crippen molar-refractivity contribution in [2.45, 2.75) is 26.3 Å². The lowest BCUT2D eigenvalue weighted by Gasteiger charge is -2.34. The van der Waals surface area contributed by atoms with Crippen molar-refractivity contribution in [1.82, 2.24) is 4.90 Å². The van der Waals surface area contributed by atoms with Gasteiger partial charge in [-0.05, 0) is 44.5 Å². The van der Waals surface area contributed by atoms with Gasteiger partial charge in [0, 0.05) is 18.5 Å². The molecular formula is C13H17ClFNO. The van der Waals surface area contributed by atoms with Crippen molar-refractivity contribution in [3.8, 4) is 0 Å². The van der Waals surface area contributed by atoms with Gasteiger partial charge in [-0.15, -0.1) is 11.6 Å². The van der Waals surface area contributed by atoms with Gasteiger partial charge in [0.05, 0.1) is 5.54 Å². The molecule has 2 nitrogen and oxygen atoms in total. The molecule has 0 aliphatic rings. The normalized spacial score (nSPS) is 11.4. The van der Waals surface area contributed by atoms with Crippen LogP contribution in [0.3, 0.4) is 0 Å². The molecular weight excluding hydrogens is 241 g/mol. The van der Waals surface area contributed by atoms with Crippen molar-refractivity contribution in [1.29, 1.82) is 0 Å². The van der Waals surface area contributed by atoms with Gasteiger partial charge < -0.3 is 4.90 Å². The third-order valence-corrected chi connectivity index (χ3v) is 3.48. The van der Waals surface area contributed by atoms with Gasteiger partial charge in [-0.2, -0.15) is 0 Å². The summed E-state index contributed by atoms with van der Waals surface area (Å²) in [6, 6.07) is 4.31. The van der Waals surface area contributed by atoms with E-state index in [1.54, 1.807) is 20.0 Å². The molecule has 1 aromatic carbocycles. The van der Waals surface area contributed by atoms with Gasteiger partial charge in [-0.3, -0.25) is 4.79 Å². The summed E-state index contributed by atoms with van der Waals surface area (Å²) in [6.07, 6.45) is 0. The third kappa shape index (κ3) is 3.19. The molecule has 0 atom stereocenters. The van der Waals surface area contributed by atoms with Crippen LogP contribution in [0.25, 0.3) is 0 Å². The van der Waals surface area contributed by atoms with E-state index in [1.165, 1.54) is 17.0 Å². The first-order valence-corrected chi connectivity index (χ1v) is 5.92. The monoisotopic (exact) mass is 257 g/mol. The zero-order chi connectivity index (χ0) is 13.2. The molecule has 0 radical (unpaired) electrons. The minimum absolute atomic E-state index is 0.224. The Labute approximate surface area is 106 Å². The van der Waals surface area contributed by atoms with E-state index in [-0.39, 0.29) is 5.91 Å². The lowest BCUT2D eigenvalue weighted by Crippen LogP contribution is -2.46. The second-order valence-electron chi connectivity index (χ2n) is 4.83. The van der Waals surface area contributed by atoms with Crippen LogP contribution in [-0.4, -0.2) is 29.3 Å². The topological polar surface area (TPSA) is 20.3 Å². The Kier molecular flexibility index (Phi) is 4.15. The zero-order valence-electron chi connectivity index (χ0n) is 10.6. The van der Waals surface area contributed by atoms with Gasteiger partial charge in [0.25, 0.3) is 5.91 Å². The molecule has 17 heavy (non-hydrogen) atoms. The minimum Gasteiger partial charge on any atom is -0.335 e. The molecule has 0 saturated heterocycles. The Morgan fingerprint density at radius 3 is 2.47 bits per heavy atom. The Hall–Kier alpha value is -1.09. The molecule has 0 N–H and O–H groups in total. The van der Waals surface area contributed by atoms with Gasteiger partial charge in [0.1, 0.15) is 5.82 Å². The Balaban J connectivity index is 3.04. The van der Waals surface area contributed by atoms with Crippen molar-refractivity contribution >= 4 is 17.5 Å². The maximum absolute atomic E-state index is 13.2. The summed E-state index contributed by atoms with van der Waals surface area (Å²) in [4.78, 5) is 13.7. The van der Waals surface area contributed by atoms with E-state index in [0.717, 1.165) is 5.56 Å². The predicted octanol–water partition coefficient (Wildman–Crippen LogP) is 3.22. The van der Waals surface area contributed by atoms with Crippen LogP contribution in [0.15, 0.2) is 18.2 Å². The summed E-state index contributed by atoms with van der Waals surface area (Å²) in [5.41, 5.74) is 0.618. The van der Waals surface area contributed by atoms with Crippen LogP contribution in [-0.2, 0) is 0 Å². The van der Waals surface area contributed by atoms with Gasteiger partial charge in [0.2, 0.25) is 0 Å². The molecule has 0 fully saturated rings. The maximum Gasteiger partial charge on any atom is 0.254 e. The van der Waals surface area contributed by atoms with Crippen molar-refractivity contribution in [2.24, 2.45) is 0 Å². The Bertz CT molecular complexity index is 411. The van der Waals surface area contributed by atoms with Crippen LogP contribution in [0.4, 0.5) is 4.39 Å². The zero-order valence-corrected chi connectivity index (χ0v) is 11.3. The maximum atomic E-state index is 13.2. The summed E-state index contributed by atoms with van der Waals surface area (Å²) in [5, 5.41) is 0. The van der Waals surface area contributed by atoms with Crippen LogP contribution >= 0.6 is 11.6 Å². The number of rotatable bonds is 3. The number of aryl methyl sites for hydroxylation is 1. The quantitative estimate of drug-likeness (QED) is 0.762. The molecule has 0 spiro atoms. The second kappa shape index (κ2) is 5.05. The summed E-state index contributed by atoms with van der Waals surface area (Å²) >= 11 is 5.81. The van der Waals surface area contributed by atoms with E-state index in [0.29, 0.717) is 11.4 Å². The molecule has 0 aliphatic heterocycles. The first-order valence-electron chi connectivity index (χ1n) is 5.39. The van der Waals surface area contributed by atoms with Gasteiger partial charge in [0.15, 0.2) is 0 Å². The van der Waals surface area contributed by atoms with E-state index in [1.807, 2.05) is 13.8 Å². The lowest BCUT2D eigenvalue weighted by atomic mass is 10.0. The van der Waals surface area contributed by atoms with Crippen LogP contribution in [0, 0.1) is 12.7 Å². The van der Waals surface area contributed by atoms with Gasteiger partial charge >= 0.3 is 0 Å². The molecule has 0 bridgehead atoms. The fourth-order valence-corrected chi connectivity index (χ4v) is 1.60. The van der Waals surface area contributed by atoms with E-state index in [4.69, 9.17) is 11.6 Å². The van der Waals surface area contributed by atoms with E-state index in [9.17, 15) is 9.18 Å². The van der Waals surface area contributed by atoms with Gasteiger partial charge in [-0.25, -0.2) is 4.39 Å². The van der Waals surface area contributed by atoms with Crippen molar-refractivity contribution in [3.05, 3.63) is 35.1 Å². The van der Waals surface area contributed by atoms with E-state index in [2.05, 4.69) is 0 Å². The molecule has 94 valence electrons. The summed E-state index contributed by atoms with van der Waals surface area (Å²) < 4.78 is 13.2. The highest BCUT2D eigenvalue weighted by Crippen LogP contribution is 2.18. The number of hydrogen-bond acceptors (Lipinski definition) is 1. The number of amides is 1.